The first kappa shape index (κ1) is 13.2. The van der Waals surface area contributed by atoms with Gasteiger partial charge in [-0.15, -0.1) is 0 Å². The Morgan fingerprint density at radius 3 is 2.75 bits per heavy atom. The van der Waals surface area contributed by atoms with Crippen molar-refractivity contribution in [2.24, 2.45) is 5.92 Å². The molecule has 0 spiro atoms. The van der Waals surface area contributed by atoms with Gasteiger partial charge in [0, 0.05) is 12.5 Å². The zero-order valence-corrected chi connectivity index (χ0v) is 10.9. The van der Waals surface area contributed by atoms with E-state index in [-0.39, 0.29) is 0 Å². The molecule has 1 rings (SSSR count). The highest BCUT2D eigenvalue weighted by Gasteiger charge is 2.13. The Kier molecular flexibility index (Phi) is 5.46. The lowest BCUT2D eigenvalue weighted by atomic mass is 9.99. The summed E-state index contributed by atoms with van der Waals surface area (Å²) in [6.07, 6.45) is 5.15. The summed E-state index contributed by atoms with van der Waals surface area (Å²) < 4.78 is 2.03. The second-order valence-electron chi connectivity index (χ2n) is 4.63. The molecule has 16 heavy (non-hydrogen) atoms. The van der Waals surface area contributed by atoms with Gasteiger partial charge in [0.25, 0.3) is 0 Å². The Labute approximate surface area is 98.5 Å². The Balaban J connectivity index is 2.64. The van der Waals surface area contributed by atoms with Crippen molar-refractivity contribution in [3.63, 3.8) is 0 Å². The summed E-state index contributed by atoms with van der Waals surface area (Å²) in [5.41, 5.74) is 0. The molecule has 1 atom stereocenters. The van der Waals surface area contributed by atoms with E-state index in [1.807, 2.05) is 11.7 Å². The van der Waals surface area contributed by atoms with E-state index < -0.39 is 0 Å². The number of nitrogens with zero attached hydrogens (tertiary/aromatic N) is 3. The van der Waals surface area contributed by atoms with Gasteiger partial charge in [-0.3, -0.25) is 0 Å². The van der Waals surface area contributed by atoms with Gasteiger partial charge in [0.2, 0.25) is 0 Å². The second kappa shape index (κ2) is 6.63. The van der Waals surface area contributed by atoms with Crippen molar-refractivity contribution in [3.05, 3.63) is 12.2 Å². The van der Waals surface area contributed by atoms with Gasteiger partial charge < -0.3 is 5.32 Å². The molecule has 0 aromatic carbocycles. The SMILES string of the molecule is CCCC(CNC)Cc1ncnn1C(C)C. The summed E-state index contributed by atoms with van der Waals surface area (Å²) in [6.45, 7) is 7.57. The zero-order valence-electron chi connectivity index (χ0n) is 10.9. The summed E-state index contributed by atoms with van der Waals surface area (Å²) in [6, 6.07) is 0.398. The van der Waals surface area contributed by atoms with Gasteiger partial charge in [-0.25, -0.2) is 9.67 Å². The minimum atomic E-state index is 0.398. The maximum Gasteiger partial charge on any atom is 0.138 e. The van der Waals surface area contributed by atoms with Crippen LogP contribution in [0.15, 0.2) is 6.33 Å². The normalized spacial score (nSPS) is 13.3. The first-order valence-corrected chi connectivity index (χ1v) is 6.22. The summed E-state index contributed by atoms with van der Waals surface area (Å²) in [5.74, 6) is 1.78. The summed E-state index contributed by atoms with van der Waals surface area (Å²) >= 11 is 0. The molecule has 0 saturated heterocycles. The largest absolute Gasteiger partial charge is 0.319 e. The van der Waals surface area contributed by atoms with E-state index in [1.165, 1.54) is 12.8 Å². The third kappa shape index (κ3) is 3.59. The third-order valence-corrected chi connectivity index (χ3v) is 2.80. The van der Waals surface area contributed by atoms with Crippen LogP contribution in [-0.4, -0.2) is 28.4 Å². The van der Waals surface area contributed by atoms with Crippen molar-refractivity contribution >= 4 is 0 Å². The maximum absolute atomic E-state index is 4.37. The van der Waals surface area contributed by atoms with Crippen LogP contribution in [0.1, 0.15) is 45.5 Å². The number of aromatic nitrogens is 3. The molecule has 0 saturated carbocycles. The lowest BCUT2D eigenvalue weighted by molar-refractivity contribution is 0.419. The third-order valence-electron chi connectivity index (χ3n) is 2.80. The van der Waals surface area contributed by atoms with Crippen LogP contribution in [0.3, 0.4) is 0 Å². The monoisotopic (exact) mass is 224 g/mol. The predicted octanol–water partition coefficient (Wildman–Crippen LogP) is 2.04. The number of nitrogens with one attached hydrogen (secondary N) is 1. The molecule has 1 aromatic heterocycles. The first-order valence-electron chi connectivity index (χ1n) is 6.22. The molecule has 0 aliphatic heterocycles. The highest BCUT2D eigenvalue weighted by atomic mass is 15.3. The maximum atomic E-state index is 4.37. The van der Waals surface area contributed by atoms with E-state index in [1.54, 1.807) is 6.33 Å². The highest BCUT2D eigenvalue weighted by Crippen LogP contribution is 2.14. The Morgan fingerprint density at radius 2 is 2.19 bits per heavy atom. The average Bonchev–Trinajstić information content (AvgIpc) is 2.66. The molecule has 0 amide bonds. The molecule has 1 heterocycles. The molecular weight excluding hydrogens is 200 g/mol. The van der Waals surface area contributed by atoms with E-state index in [0.717, 1.165) is 18.8 Å². The van der Waals surface area contributed by atoms with Crippen molar-refractivity contribution < 1.29 is 0 Å². The standard InChI is InChI=1S/C12H24N4/c1-5-6-11(8-13-4)7-12-14-9-15-16(12)10(2)3/h9-11,13H,5-8H2,1-4H3. The second-order valence-corrected chi connectivity index (χ2v) is 4.63. The van der Waals surface area contributed by atoms with Crippen molar-refractivity contribution in [2.45, 2.75) is 46.1 Å². The van der Waals surface area contributed by atoms with Gasteiger partial charge in [0.15, 0.2) is 0 Å². The molecular formula is C12H24N4. The van der Waals surface area contributed by atoms with Crippen LogP contribution < -0.4 is 5.32 Å². The summed E-state index contributed by atoms with van der Waals surface area (Å²) in [5, 5.41) is 7.53. The minimum Gasteiger partial charge on any atom is -0.319 e. The molecule has 0 aliphatic rings. The molecule has 4 nitrogen and oxygen atoms in total. The van der Waals surface area contributed by atoms with Crippen LogP contribution in [-0.2, 0) is 6.42 Å². The molecule has 0 aliphatic carbocycles. The van der Waals surface area contributed by atoms with Crippen LogP contribution >= 0.6 is 0 Å². The van der Waals surface area contributed by atoms with Crippen LogP contribution in [0.25, 0.3) is 0 Å². The number of hydrogen-bond donors (Lipinski definition) is 1. The fraction of sp³-hybridized carbons (Fsp3) is 0.833. The van der Waals surface area contributed by atoms with Crippen molar-refractivity contribution in [1.29, 1.82) is 0 Å². The van der Waals surface area contributed by atoms with E-state index in [9.17, 15) is 0 Å². The lowest BCUT2D eigenvalue weighted by Gasteiger charge is -2.16. The van der Waals surface area contributed by atoms with Crippen molar-refractivity contribution in [2.75, 3.05) is 13.6 Å². The first-order chi connectivity index (χ1) is 7.69. The summed E-state index contributed by atoms with van der Waals surface area (Å²) in [4.78, 5) is 4.37. The van der Waals surface area contributed by atoms with Crippen molar-refractivity contribution in [1.82, 2.24) is 20.1 Å². The topological polar surface area (TPSA) is 42.7 Å². The average molecular weight is 224 g/mol. The molecule has 92 valence electrons. The molecule has 0 fully saturated rings. The molecule has 4 heteroatoms. The van der Waals surface area contributed by atoms with E-state index in [2.05, 4.69) is 36.2 Å². The van der Waals surface area contributed by atoms with Gasteiger partial charge in [-0.05, 0) is 39.8 Å². The Bertz CT molecular complexity index is 287. The van der Waals surface area contributed by atoms with E-state index >= 15 is 0 Å². The minimum absolute atomic E-state index is 0.398. The molecule has 1 unspecified atom stereocenters. The molecule has 0 radical (unpaired) electrons. The lowest BCUT2D eigenvalue weighted by Crippen LogP contribution is -2.22. The molecule has 1 aromatic rings. The quantitative estimate of drug-likeness (QED) is 0.770. The summed E-state index contributed by atoms with van der Waals surface area (Å²) in [7, 11) is 2.01. The van der Waals surface area contributed by atoms with Gasteiger partial charge in [-0.1, -0.05) is 13.3 Å². The van der Waals surface area contributed by atoms with Crippen LogP contribution in [0.4, 0.5) is 0 Å². The van der Waals surface area contributed by atoms with E-state index in [0.29, 0.717) is 12.0 Å². The van der Waals surface area contributed by atoms with Crippen molar-refractivity contribution in [3.8, 4) is 0 Å². The molecule has 0 bridgehead atoms. The fourth-order valence-corrected chi connectivity index (χ4v) is 2.08. The smallest absolute Gasteiger partial charge is 0.138 e. The zero-order chi connectivity index (χ0) is 12.0. The van der Waals surface area contributed by atoms with Crippen LogP contribution in [0, 0.1) is 5.92 Å². The van der Waals surface area contributed by atoms with E-state index in [4.69, 9.17) is 0 Å². The molecule has 1 N–H and O–H groups in total. The van der Waals surface area contributed by atoms with Gasteiger partial charge in [0.1, 0.15) is 12.2 Å². The van der Waals surface area contributed by atoms with Crippen LogP contribution in [0.2, 0.25) is 0 Å². The number of rotatable bonds is 7. The highest BCUT2D eigenvalue weighted by molar-refractivity contribution is 4.89. The number of hydrogen-bond acceptors (Lipinski definition) is 3. The Hall–Kier alpha value is -0.900. The van der Waals surface area contributed by atoms with Gasteiger partial charge >= 0.3 is 0 Å². The fourth-order valence-electron chi connectivity index (χ4n) is 2.08. The Morgan fingerprint density at radius 1 is 1.44 bits per heavy atom. The van der Waals surface area contributed by atoms with Gasteiger partial charge in [-0.2, -0.15) is 5.10 Å². The predicted molar refractivity (Wildman–Crippen MR) is 66.4 cm³/mol. The van der Waals surface area contributed by atoms with Crippen LogP contribution in [0.5, 0.6) is 0 Å². The van der Waals surface area contributed by atoms with Gasteiger partial charge in [0.05, 0.1) is 0 Å².